The predicted molar refractivity (Wildman–Crippen MR) is 61.9 cm³/mol. The van der Waals surface area contributed by atoms with E-state index in [2.05, 4.69) is 22.7 Å². The Balaban J connectivity index is 2.95. The molecule has 6 heteroatoms. The van der Waals surface area contributed by atoms with Crippen LogP contribution in [-0.4, -0.2) is 21.0 Å². The first-order chi connectivity index (χ1) is 6.99. The second kappa shape index (κ2) is 4.61. The SMILES string of the molecule is CC(=NNC(N)=S)c1cc(O)cc(O)c1. The minimum atomic E-state index is -0.0325. The monoisotopic (exact) mass is 225 g/mol. The van der Waals surface area contributed by atoms with Gasteiger partial charge in [0.25, 0.3) is 0 Å². The van der Waals surface area contributed by atoms with Crippen molar-refractivity contribution in [2.75, 3.05) is 0 Å². The minimum Gasteiger partial charge on any atom is -0.508 e. The molecule has 0 aliphatic carbocycles. The van der Waals surface area contributed by atoms with Crippen LogP contribution in [0.2, 0.25) is 0 Å². The molecule has 1 rings (SSSR count). The van der Waals surface area contributed by atoms with Crippen molar-refractivity contribution in [3.63, 3.8) is 0 Å². The van der Waals surface area contributed by atoms with Crippen LogP contribution in [0.5, 0.6) is 11.5 Å². The van der Waals surface area contributed by atoms with E-state index in [1.165, 1.54) is 18.2 Å². The molecular weight excluding hydrogens is 214 g/mol. The number of hydrogen-bond acceptors (Lipinski definition) is 4. The molecule has 0 bridgehead atoms. The van der Waals surface area contributed by atoms with Crippen molar-refractivity contribution in [3.8, 4) is 11.5 Å². The van der Waals surface area contributed by atoms with E-state index in [9.17, 15) is 10.2 Å². The molecule has 1 aromatic carbocycles. The summed E-state index contributed by atoms with van der Waals surface area (Å²) in [5.74, 6) is -0.0650. The average molecular weight is 225 g/mol. The van der Waals surface area contributed by atoms with E-state index >= 15 is 0 Å². The summed E-state index contributed by atoms with van der Waals surface area (Å²) in [6.07, 6.45) is 0. The van der Waals surface area contributed by atoms with Gasteiger partial charge in [0, 0.05) is 11.6 Å². The number of phenols is 2. The Morgan fingerprint density at radius 2 is 1.87 bits per heavy atom. The molecule has 80 valence electrons. The lowest BCUT2D eigenvalue weighted by Crippen LogP contribution is -2.25. The number of nitrogens with two attached hydrogens (primary N) is 1. The van der Waals surface area contributed by atoms with Gasteiger partial charge in [-0.1, -0.05) is 0 Å². The van der Waals surface area contributed by atoms with Crippen LogP contribution in [0.1, 0.15) is 12.5 Å². The van der Waals surface area contributed by atoms with Crippen LogP contribution < -0.4 is 11.2 Å². The van der Waals surface area contributed by atoms with Crippen molar-refractivity contribution in [1.82, 2.24) is 5.43 Å². The minimum absolute atomic E-state index is 0.0325. The lowest BCUT2D eigenvalue weighted by Gasteiger charge is -2.03. The summed E-state index contributed by atoms with van der Waals surface area (Å²) in [6.45, 7) is 1.69. The molecule has 0 amide bonds. The van der Waals surface area contributed by atoms with Gasteiger partial charge < -0.3 is 15.9 Å². The van der Waals surface area contributed by atoms with Crippen molar-refractivity contribution in [2.45, 2.75) is 6.92 Å². The van der Waals surface area contributed by atoms with Gasteiger partial charge in [-0.25, -0.2) is 0 Å². The fraction of sp³-hybridized carbons (Fsp3) is 0.111. The molecule has 0 aromatic heterocycles. The van der Waals surface area contributed by atoms with Gasteiger partial charge in [-0.3, -0.25) is 5.43 Å². The lowest BCUT2D eigenvalue weighted by molar-refractivity contribution is 0.450. The number of hydrazone groups is 1. The van der Waals surface area contributed by atoms with Crippen LogP contribution in [0.3, 0.4) is 0 Å². The summed E-state index contributed by atoms with van der Waals surface area (Å²) in [6, 6.07) is 4.18. The van der Waals surface area contributed by atoms with Crippen LogP contribution in [0.4, 0.5) is 0 Å². The number of hydrogen-bond donors (Lipinski definition) is 4. The summed E-state index contributed by atoms with van der Waals surface area (Å²) in [4.78, 5) is 0. The van der Waals surface area contributed by atoms with E-state index in [4.69, 9.17) is 5.73 Å². The Morgan fingerprint density at radius 1 is 1.33 bits per heavy atom. The zero-order valence-corrected chi connectivity index (χ0v) is 8.88. The van der Waals surface area contributed by atoms with Gasteiger partial charge in [0.15, 0.2) is 5.11 Å². The number of nitrogens with one attached hydrogen (secondary N) is 1. The first-order valence-electron chi connectivity index (χ1n) is 4.12. The number of rotatable bonds is 2. The molecule has 5 N–H and O–H groups in total. The van der Waals surface area contributed by atoms with Crippen LogP contribution in [-0.2, 0) is 0 Å². The fourth-order valence-corrected chi connectivity index (χ4v) is 1.05. The summed E-state index contributed by atoms with van der Waals surface area (Å²) in [7, 11) is 0. The average Bonchev–Trinajstić information content (AvgIpc) is 2.12. The maximum Gasteiger partial charge on any atom is 0.184 e. The molecule has 0 aliphatic rings. The fourth-order valence-electron chi connectivity index (χ4n) is 1.01. The zero-order valence-electron chi connectivity index (χ0n) is 8.06. The van der Waals surface area contributed by atoms with Gasteiger partial charge in [0.05, 0.1) is 5.71 Å². The van der Waals surface area contributed by atoms with Crippen LogP contribution >= 0.6 is 12.2 Å². The Bertz CT molecular complexity index is 398. The molecule has 0 saturated carbocycles. The third-order valence-corrected chi connectivity index (χ3v) is 1.75. The summed E-state index contributed by atoms with van der Waals surface area (Å²) in [5.41, 5.74) is 8.74. The first kappa shape index (κ1) is 11.3. The molecule has 5 nitrogen and oxygen atoms in total. The van der Waals surface area contributed by atoms with Gasteiger partial charge in [-0.15, -0.1) is 0 Å². The molecule has 0 spiro atoms. The zero-order chi connectivity index (χ0) is 11.4. The normalized spacial score (nSPS) is 11.1. The molecule has 0 aliphatic heterocycles. The molecule has 0 atom stereocenters. The quantitative estimate of drug-likeness (QED) is 0.337. The maximum atomic E-state index is 9.23. The van der Waals surface area contributed by atoms with E-state index in [1.54, 1.807) is 6.92 Å². The Morgan fingerprint density at radius 3 is 2.33 bits per heavy atom. The molecule has 0 heterocycles. The highest BCUT2D eigenvalue weighted by atomic mass is 32.1. The Hall–Kier alpha value is -1.82. The highest BCUT2D eigenvalue weighted by Crippen LogP contribution is 2.20. The van der Waals surface area contributed by atoms with Crippen LogP contribution in [0.15, 0.2) is 23.3 Å². The van der Waals surface area contributed by atoms with Crippen molar-refractivity contribution in [3.05, 3.63) is 23.8 Å². The third-order valence-electron chi connectivity index (χ3n) is 1.65. The van der Waals surface area contributed by atoms with Crippen LogP contribution in [0, 0.1) is 0 Å². The van der Waals surface area contributed by atoms with Crippen molar-refractivity contribution in [1.29, 1.82) is 0 Å². The highest BCUT2D eigenvalue weighted by Gasteiger charge is 2.02. The predicted octanol–water partition coefficient (Wildman–Crippen LogP) is 0.655. The maximum absolute atomic E-state index is 9.23. The van der Waals surface area contributed by atoms with E-state index in [-0.39, 0.29) is 16.6 Å². The van der Waals surface area contributed by atoms with E-state index in [0.717, 1.165) is 0 Å². The molecule has 0 unspecified atom stereocenters. The molecular formula is C9H11N3O2S. The van der Waals surface area contributed by atoms with Gasteiger partial charge in [-0.2, -0.15) is 5.10 Å². The van der Waals surface area contributed by atoms with E-state index in [0.29, 0.717) is 11.3 Å². The smallest absolute Gasteiger partial charge is 0.184 e. The summed E-state index contributed by atoms with van der Waals surface area (Å²) >= 11 is 4.58. The van der Waals surface area contributed by atoms with Crippen molar-refractivity contribution < 1.29 is 10.2 Å². The highest BCUT2D eigenvalue weighted by molar-refractivity contribution is 7.80. The van der Waals surface area contributed by atoms with E-state index < -0.39 is 0 Å². The summed E-state index contributed by atoms with van der Waals surface area (Å²) in [5, 5.41) is 22.4. The van der Waals surface area contributed by atoms with Gasteiger partial charge in [0.2, 0.25) is 0 Å². The largest absolute Gasteiger partial charge is 0.508 e. The number of aromatic hydroxyl groups is 2. The molecule has 0 radical (unpaired) electrons. The van der Waals surface area contributed by atoms with Gasteiger partial charge in [-0.05, 0) is 31.3 Å². The van der Waals surface area contributed by atoms with Crippen molar-refractivity contribution >= 4 is 23.0 Å². The molecule has 1 aromatic rings. The standard InChI is InChI=1S/C9H11N3O2S/c1-5(11-12-9(10)15)6-2-7(13)4-8(14)3-6/h2-4,13-14H,1H3,(H3,10,12,15). The van der Waals surface area contributed by atoms with Gasteiger partial charge >= 0.3 is 0 Å². The third kappa shape index (κ3) is 3.43. The van der Waals surface area contributed by atoms with E-state index in [1.807, 2.05) is 0 Å². The lowest BCUT2D eigenvalue weighted by atomic mass is 10.1. The molecule has 0 saturated heterocycles. The number of thiocarbonyl (C=S) groups is 1. The summed E-state index contributed by atoms with van der Waals surface area (Å²) < 4.78 is 0. The molecule has 0 fully saturated rings. The second-order valence-corrected chi connectivity index (χ2v) is 3.35. The first-order valence-corrected chi connectivity index (χ1v) is 4.53. The van der Waals surface area contributed by atoms with Crippen LogP contribution in [0.25, 0.3) is 0 Å². The Kier molecular flexibility index (Phi) is 3.46. The number of benzene rings is 1. The number of phenolic OH excluding ortho intramolecular Hbond substituents is 2. The topological polar surface area (TPSA) is 90.9 Å². The second-order valence-electron chi connectivity index (χ2n) is 2.91. The Labute approximate surface area is 92.2 Å². The number of nitrogens with zero attached hydrogens (tertiary/aromatic N) is 1. The van der Waals surface area contributed by atoms with Crippen molar-refractivity contribution in [2.24, 2.45) is 10.8 Å². The van der Waals surface area contributed by atoms with Gasteiger partial charge in [0.1, 0.15) is 11.5 Å². The molecule has 15 heavy (non-hydrogen) atoms.